The first-order chi connectivity index (χ1) is 9.72. The lowest BCUT2D eigenvalue weighted by molar-refractivity contribution is 0.479. The van der Waals surface area contributed by atoms with E-state index in [1.54, 1.807) is 5.38 Å². The van der Waals surface area contributed by atoms with E-state index < -0.39 is 0 Å². The average Bonchev–Trinajstić information content (AvgIpc) is 2.87. The minimum absolute atomic E-state index is 0.419. The van der Waals surface area contributed by atoms with Crippen LogP contribution in [0.5, 0.6) is 10.9 Å². The molecular weight excluding hydrogens is 313 g/mol. The highest BCUT2D eigenvalue weighted by Crippen LogP contribution is 2.34. The summed E-state index contributed by atoms with van der Waals surface area (Å²) in [5, 5.41) is 3.15. The molecule has 0 aliphatic heterocycles. The van der Waals surface area contributed by atoms with Gasteiger partial charge < -0.3 is 4.74 Å². The number of rotatable bonds is 3. The molecule has 0 atom stereocenters. The topological polar surface area (TPSA) is 22.1 Å². The average molecular weight is 322 g/mol. The van der Waals surface area contributed by atoms with Crippen molar-refractivity contribution in [2.75, 3.05) is 0 Å². The van der Waals surface area contributed by atoms with E-state index in [-0.39, 0.29) is 0 Å². The van der Waals surface area contributed by atoms with Gasteiger partial charge in [-0.2, -0.15) is 4.98 Å². The summed E-state index contributed by atoms with van der Waals surface area (Å²) in [5.74, 6) is 0.567. The largest absolute Gasteiger partial charge is 0.429 e. The van der Waals surface area contributed by atoms with Crippen molar-refractivity contribution in [2.24, 2.45) is 0 Å². The Kier molecular flexibility index (Phi) is 3.92. The fourth-order valence-corrected chi connectivity index (χ4v) is 2.79. The molecular formula is C15H9Cl2NOS. The van der Waals surface area contributed by atoms with Gasteiger partial charge in [-0.15, -0.1) is 0 Å². The number of nitrogens with zero attached hydrogens (tertiary/aromatic N) is 1. The van der Waals surface area contributed by atoms with Gasteiger partial charge in [0.1, 0.15) is 10.9 Å². The zero-order chi connectivity index (χ0) is 13.9. The first-order valence-electron chi connectivity index (χ1n) is 5.86. The second-order valence-electron chi connectivity index (χ2n) is 4.05. The maximum Gasteiger partial charge on any atom is 0.280 e. The molecule has 0 N–H and O–H groups in total. The number of hydrogen-bond donors (Lipinski definition) is 0. The Labute approximate surface area is 130 Å². The summed E-state index contributed by atoms with van der Waals surface area (Å²) in [6.07, 6.45) is 0. The lowest BCUT2D eigenvalue weighted by atomic mass is 10.1. The van der Waals surface area contributed by atoms with Crippen LogP contribution in [0.25, 0.3) is 11.1 Å². The Hall–Kier alpha value is -1.55. The predicted octanol–water partition coefficient (Wildman–Crippen LogP) is 5.91. The third-order valence-electron chi connectivity index (χ3n) is 2.69. The number of benzene rings is 2. The van der Waals surface area contributed by atoms with Gasteiger partial charge in [0.2, 0.25) is 0 Å². The molecule has 0 aliphatic carbocycles. The van der Waals surface area contributed by atoms with E-state index in [1.165, 1.54) is 11.3 Å². The third kappa shape index (κ3) is 2.96. The molecule has 0 radical (unpaired) electrons. The minimum atomic E-state index is 0.419. The predicted molar refractivity (Wildman–Crippen MR) is 84.1 cm³/mol. The van der Waals surface area contributed by atoms with Gasteiger partial charge in [-0.1, -0.05) is 70.9 Å². The van der Waals surface area contributed by atoms with E-state index >= 15 is 0 Å². The zero-order valence-electron chi connectivity index (χ0n) is 10.2. The molecule has 0 unspecified atom stereocenters. The summed E-state index contributed by atoms with van der Waals surface area (Å²) in [6.45, 7) is 0. The molecule has 0 amide bonds. The molecule has 0 fully saturated rings. The van der Waals surface area contributed by atoms with Gasteiger partial charge in [-0.25, -0.2) is 0 Å². The van der Waals surface area contributed by atoms with Crippen molar-refractivity contribution in [2.45, 2.75) is 0 Å². The van der Waals surface area contributed by atoms with Gasteiger partial charge in [0.25, 0.3) is 5.19 Å². The van der Waals surface area contributed by atoms with Crippen LogP contribution in [0.3, 0.4) is 0 Å². The summed E-state index contributed by atoms with van der Waals surface area (Å²) in [4.78, 5) is 4.03. The van der Waals surface area contributed by atoms with Crippen molar-refractivity contribution in [3.63, 3.8) is 0 Å². The number of hydrogen-bond acceptors (Lipinski definition) is 3. The SMILES string of the molecule is Clc1csc(Oc2ccc(-c3ccccc3)cc2Cl)n1. The molecule has 2 nitrogen and oxygen atoms in total. The zero-order valence-corrected chi connectivity index (χ0v) is 12.5. The Bertz CT molecular complexity index is 728. The molecule has 0 bridgehead atoms. The van der Waals surface area contributed by atoms with Gasteiger partial charge in [-0.3, -0.25) is 0 Å². The lowest BCUT2D eigenvalue weighted by Gasteiger charge is -2.07. The lowest BCUT2D eigenvalue weighted by Crippen LogP contribution is -1.85. The first kappa shape index (κ1) is 13.4. The molecule has 1 heterocycles. The standard InChI is InChI=1S/C15H9Cl2NOS/c16-12-8-11(10-4-2-1-3-5-10)6-7-13(12)19-15-18-14(17)9-20-15/h1-9H. The number of halogens is 2. The fourth-order valence-electron chi connectivity index (χ4n) is 1.77. The van der Waals surface area contributed by atoms with Gasteiger partial charge in [0, 0.05) is 5.38 Å². The van der Waals surface area contributed by atoms with Gasteiger partial charge in [-0.05, 0) is 23.3 Å². The van der Waals surface area contributed by atoms with Crippen molar-refractivity contribution in [1.29, 1.82) is 0 Å². The van der Waals surface area contributed by atoms with Crippen LogP contribution in [-0.2, 0) is 0 Å². The van der Waals surface area contributed by atoms with Crippen LogP contribution >= 0.6 is 34.5 Å². The van der Waals surface area contributed by atoms with Crippen LogP contribution in [0, 0.1) is 0 Å². The normalized spacial score (nSPS) is 10.5. The Balaban J connectivity index is 1.88. The Morgan fingerprint density at radius 1 is 0.950 bits per heavy atom. The van der Waals surface area contributed by atoms with Gasteiger partial charge in [0.05, 0.1) is 5.02 Å². The van der Waals surface area contributed by atoms with Crippen LogP contribution in [0.15, 0.2) is 53.9 Å². The van der Waals surface area contributed by atoms with E-state index in [2.05, 4.69) is 4.98 Å². The van der Waals surface area contributed by atoms with Crippen LogP contribution in [0.1, 0.15) is 0 Å². The molecule has 0 spiro atoms. The molecule has 5 heteroatoms. The van der Waals surface area contributed by atoms with E-state index in [1.807, 2.05) is 48.5 Å². The van der Waals surface area contributed by atoms with Crippen molar-refractivity contribution in [3.8, 4) is 22.1 Å². The molecule has 3 aromatic rings. The van der Waals surface area contributed by atoms with Crippen LogP contribution < -0.4 is 4.74 Å². The molecule has 100 valence electrons. The molecule has 20 heavy (non-hydrogen) atoms. The highest BCUT2D eigenvalue weighted by molar-refractivity contribution is 7.11. The summed E-state index contributed by atoms with van der Waals surface area (Å²) >= 11 is 13.3. The molecule has 0 aliphatic rings. The van der Waals surface area contributed by atoms with Crippen molar-refractivity contribution in [1.82, 2.24) is 4.98 Å². The quantitative estimate of drug-likeness (QED) is 0.598. The molecule has 2 aromatic carbocycles. The molecule has 0 saturated carbocycles. The van der Waals surface area contributed by atoms with E-state index in [9.17, 15) is 0 Å². The van der Waals surface area contributed by atoms with Gasteiger partial charge >= 0.3 is 0 Å². The van der Waals surface area contributed by atoms with Crippen LogP contribution in [0.2, 0.25) is 10.2 Å². The highest BCUT2D eigenvalue weighted by atomic mass is 35.5. The fraction of sp³-hybridized carbons (Fsp3) is 0. The molecule has 1 aromatic heterocycles. The maximum absolute atomic E-state index is 6.25. The van der Waals surface area contributed by atoms with Crippen molar-refractivity contribution in [3.05, 3.63) is 64.1 Å². The van der Waals surface area contributed by atoms with Crippen molar-refractivity contribution >= 4 is 34.5 Å². The van der Waals surface area contributed by atoms with E-state index in [0.717, 1.165) is 11.1 Å². The van der Waals surface area contributed by atoms with E-state index in [4.69, 9.17) is 27.9 Å². The van der Waals surface area contributed by atoms with Crippen molar-refractivity contribution < 1.29 is 4.74 Å². The monoisotopic (exact) mass is 321 g/mol. The minimum Gasteiger partial charge on any atom is -0.429 e. The van der Waals surface area contributed by atoms with Crippen LogP contribution in [-0.4, -0.2) is 4.98 Å². The first-order valence-corrected chi connectivity index (χ1v) is 7.50. The smallest absolute Gasteiger partial charge is 0.280 e. The second kappa shape index (κ2) is 5.83. The summed E-state index contributed by atoms with van der Waals surface area (Å²) < 4.78 is 5.61. The third-order valence-corrected chi connectivity index (χ3v) is 4.03. The van der Waals surface area contributed by atoms with Crippen LogP contribution in [0.4, 0.5) is 0 Å². The number of aromatic nitrogens is 1. The van der Waals surface area contributed by atoms with E-state index in [0.29, 0.717) is 21.1 Å². The summed E-state index contributed by atoms with van der Waals surface area (Å²) in [6, 6.07) is 15.7. The second-order valence-corrected chi connectivity index (χ2v) is 5.66. The number of ether oxygens (including phenoxy) is 1. The summed E-state index contributed by atoms with van der Waals surface area (Å²) in [5.41, 5.74) is 2.15. The Morgan fingerprint density at radius 2 is 1.75 bits per heavy atom. The van der Waals surface area contributed by atoms with Gasteiger partial charge in [0.15, 0.2) is 0 Å². The molecule has 0 saturated heterocycles. The molecule has 3 rings (SSSR count). The highest BCUT2D eigenvalue weighted by Gasteiger charge is 2.08. The summed E-state index contributed by atoms with van der Waals surface area (Å²) in [7, 11) is 0. The Morgan fingerprint density at radius 3 is 2.40 bits per heavy atom. The number of thiazole rings is 1. The maximum atomic E-state index is 6.25.